The van der Waals surface area contributed by atoms with Crippen LogP contribution in [0.15, 0.2) is 6.07 Å². The second-order valence-corrected chi connectivity index (χ2v) is 3.17. The van der Waals surface area contributed by atoms with Crippen molar-refractivity contribution in [2.45, 2.75) is 6.92 Å². The minimum atomic E-state index is 0.118. The standard InChI is InChI=1S/C9H12N6O2/c1-5-4-6(15-14-5)17-9-12-7(10-2)11-8(13-9)16-3/h4H,1-3H3,(H,14,15)(H,10,11,12,13). The smallest absolute Gasteiger partial charge is 0.331 e. The summed E-state index contributed by atoms with van der Waals surface area (Å²) in [5, 5.41) is 9.45. The van der Waals surface area contributed by atoms with Crippen molar-refractivity contribution in [3.05, 3.63) is 11.8 Å². The predicted octanol–water partition coefficient (Wildman–Crippen LogP) is 0.746. The first-order valence-electron chi connectivity index (χ1n) is 4.89. The maximum atomic E-state index is 5.36. The molecule has 8 nitrogen and oxygen atoms in total. The molecule has 17 heavy (non-hydrogen) atoms. The lowest BCUT2D eigenvalue weighted by Crippen LogP contribution is -2.03. The van der Waals surface area contributed by atoms with Crippen LogP contribution in [-0.2, 0) is 0 Å². The highest BCUT2D eigenvalue weighted by molar-refractivity contribution is 5.27. The van der Waals surface area contributed by atoms with Gasteiger partial charge in [0.25, 0.3) is 0 Å². The Morgan fingerprint density at radius 3 is 2.59 bits per heavy atom. The fourth-order valence-corrected chi connectivity index (χ4v) is 1.13. The summed E-state index contributed by atoms with van der Waals surface area (Å²) in [5.41, 5.74) is 0.884. The third kappa shape index (κ3) is 2.60. The number of aromatic amines is 1. The molecule has 0 aliphatic heterocycles. The monoisotopic (exact) mass is 236 g/mol. The lowest BCUT2D eigenvalue weighted by atomic mass is 10.5. The molecule has 0 saturated carbocycles. The van der Waals surface area contributed by atoms with Crippen molar-refractivity contribution in [3.8, 4) is 17.9 Å². The molecule has 0 saturated heterocycles. The van der Waals surface area contributed by atoms with Crippen LogP contribution in [-0.4, -0.2) is 39.3 Å². The molecule has 2 heterocycles. The number of H-pyrrole nitrogens is 1. The van der Waals surface area contributed by atoms with Gasteiger partial charge in [0.1, 0.15) is 0 Å². The van der Waals surface area contributed by atoms with Crippen molar-refractivity contribution in [2.24, 2.45) is 0 Å². The van der Waals surface area contributed by atoms with Crippen molar-refractivity contribution in [1.82, 2.24) is 25.1 Å². The first-order valence-corrected chi connectivity index (χ1v) is 4.89. The number of aryl methyl sites for hydroxylation is 1. The molecule has 0 radical (unpaired) electrons. The van der Waals surface area contributed by atoms with Gasteiger partial charge in [-0.15, -0.1) is 10.1 Å². The van der Waals surface area contributed by atoms with Crippen LogP contribution in [0, 0.1) is 6.92 Å². The molecular weight excluding hydrogens is 224 g/mol. The Labute approximate surface area is 97.4 Å². The zero-order valence-electron chi connectivity index (χ0n) is 9.68. The van der Waals surface area contributed by atoms with Gasteiger partial charge in [0, 0.05) is 18.8 Å². The molecule has 2 rings (SSSR count). The van der Waals surface area contributed by atoms with Gasteiger partial charge in [-0.1, -0.05) is 0 Å². The van der Waals surface area contributed by atoms with E-state index in [0.717, 1.165) is 5.69 Å². The van der Waals surface area contributed by atoms with E-state index < -0.39 is 0 Å². The number of nitrogens with zero attached hydrogens (tertiary/aromatic N) is 4. The summed E-state index contributed by atoms with van der Waals surface area (Å²) in [6, 6.07) is 2.02. The molecule has 0 atom stereocenters. The second kappa shape index (κ2) is 4.64. The van der Waals surface area contributed by atoms with E-state index in [9.17, 15) is 0 Å². The molecule has 2 aromatic rings. The Hall–Kier alpha value is -2.38. The summed E-state index contributed by atoms with van der Waals surface area (Å²) in [6.45, 7) is 1.87. The minimum Gasteiger partial charge on any atom is -0.467 e. The van der Waals surface area contributed by atoms with Gasteiger partial charge < -0.3 is 14.8 Å². The number of aromatic nitrogens is 5. The summed E-state index contributed by atoms with van der Waals surface area (Å²) < 4.78 is 10.3. The summed E-state index contributed by atoms with van der Waals surface area (Å²) >= 11 is 0. The van der Waals surface area contributed by atoms with E-state index in [4.69, 9.17) is 9.47 Å². The third-order valence-electron chi connectivity index (χ3n) is 1.88. The Bertz CT molecular complexity index is 490. The number of anilines is 1. The molecule has 0 aliphatic carbocycles. The fraction of sp³-hybridized carbons (Fsp3) is 0.333. The number of rotatable bonds is 4. The summed E-state index contributed by atoms with van der Waals surface area (Å²) in [6.07, 6.45) is 0. The average Bonchev–Trinajstić information content (AvgIpc) is 2.74. The van der Waals surface area contributed by atoms with Crippen LogP contribution in [0.25, 0.3) is 0 Å². The number of methoxy groups -OCH3 is 1. The molecule has 8 heteroatoms. The van der Waals surface area contributed by atoms with Crippen molar-refractivity contribution in [1.29, 1.82) is 0 Å². The van der Waals surface area contributed by atoms with Crippen molar-refractivity contribution in [3.63, 3.8) is 0 Å². The highest BCUT2D eigenvalue weighted by atomic mass is 16.5. The Morgan fingerprint density at radius 2 is 2.00 bits per heavy atom. The van der Waals surface area contributed by atoms with Gasteiger partial charge >= 0.3 is 12.0 Å². The number of nitrogens with one attached hydrogen (secondary N) is 2. The molecule has 0 aliphatic rings. The quantitative estimate of drug-likeness (QED) is 0.808. The zero-order valence-corrected chi connectivity index (χ0v) is 9.68. The van der Waals surface area contributed by atoms with Crippen molar-refractivity contribution < 1.29 is 9.47 Å². The molecule has 0 amide bonds. The molecule has 0 bridgehead atoms. The molecule has 0 unspecified atom stereocenters. The van der Waals surface area contributed by atoms with E-state index in [1.54, 1.807) is 13.1 Å². The molecule has 2 aromatic heterocycles. The summed E-state index contributed by atoms with van der Waals surface area (Å²) in [7, 11) is 3.16. The largest absolute Gasteiger partial charge is 0.467 e. The molecule has 0 spiro atoms. The van der Waals surface area contributed by atoms with Crippen LogP contribution in [0.2, 0.25) is 0 Å². The summed E-state index contributed by atoms with van der Waals surface area (Å²) in [5.74, 6) is 0.747. The van der Waals surface area contributed by atoms with Gasteiger partial charge in [-0.2, -0.15) is 9.97 Å². The number of hydrogen-bond donors (Lipinski definition) is 2. The van der Waals surface area contributed by atoms with Gasteiger partial charge in [0.05, 0.1) is 7.11 Å². The normalized spacial score (nSPS) is 10.1. The van der Waals surface area contributed by atoms with E-state index >= 15 is 0 Å². The van der Waals surface area contributed by atoms with Crippen LogP contribution in [0.5, 0.6) is 17.9 Å². The van der Waals surface area contributed by atoms with E-state index in [1.807, 2.05) is 6.92 Å². The van der Waals surface area contributed by atoms with E-state index in [0.29, 0.717) is 11.8 Å². The van der Waals surface area contributed by atoms with Crippen LogP contribution in [0.4, 0.5) is 5.95 Å². The fourth-order valence-electron chi connectivity index (χ4n) is 1.13. The Balaban J connectivity index is 2.25. The van der Waals surface area contributed by atoms with Crippen molar-refractivity contribution in [2.75, 3.05) is 19.5 Å². The maximum Gasteiger partial charge on any atom is 0.331 e. The average molecular weight is 236 g/mol. The van der Waals surface area contributed by atoms with Gasteiger partial charge in [-0.25, -0.2) is 0 Å². The minimum absolute atomic E-state index is 0.118. The second-order valence-electron chi connectivity index (χ2n) is 3.17. The molecular formula is C9H12N6O2. The summed E-state index contributed by atoms with van der Waals surface area (Å²) in [4.78, 5) is 11.9. The van der Waals surface area contributed by atoms with Gasteiger partial charge in [-0.05, 0) is 6.92 Å². The Kier molecular flexibility index (Phi) is 3.03. The van der Waals surface area contributed by atoms with Gasteiger partial charge in [0.2, 0.25) is 11.8 Å². The third-order valence-corrected chi connectivity index (χ3v) is 1.88. The lowest BCUT2D eigenvalue weighted by Gasteiger charge is -2.04. The SMILES string of the molecule is CNc1nc(OC)nc(Oc2cc(C)[nH]n2)n1. The lowest BCUT2D eigenvalue weighted by molar-refractivity contribution is 0.357. The molecule has 0 fully saturated rings. The first kappa shape index (κ1) is 11.1. The highest BCUT2D eigenvalue weighted by Crippen LogP contribution is 2.18. The maximum absolute atomic E-state index is 5.36. The van der Waals surface area contributed by atoms with Gasteiger partial charge in [0.15, 0.2) is 0 Å². The first-order chi connectivity index (χ1) is 8.21. The molecule has 90 valence electrons. The Morgan fingerprint density at radius 1 is 1.24 bits per heavy atom. The van der Waals surface area contributed by atoms with E-state index in [1.165, 1.54) is 7.11 Å². The number of hydrogen-bond acceptors (Lipinski definition) is 7. The predicted molar refractivity (Wildman–Crippen MR) is 59.3 cm³/mol. The highest BCUT2D eigenvalue weighted by Gasteiger charge is 2.09. The number of ether oxygens (including phenoxy) is 2. The van der Waals surface area contributed by atoms with Gasteiger partial charge in [-0.3, -0.25) is 5.10 Å². The van der Waals surface area contributed by atoms with Crippen LogP contribution < -0.4 is 14.8 Å². The van der Waals surface area contributed by atoms with Crippen LogP contribution in [0.1, 0.15) is 5.69 Å². The topological polar surface area (TPSA) is 97.8 Å². The molecule has 2 N–H and O–H groups in total. The van der Waals surface area contributed by atoms with Crippen LogP contribution >= 0.6 is 0 Å². The van der Waals surface area contributed by atoms with E-state index in [2.05, 4.69) is 30.5 Å². The van der Waals surface area contributed by atoms with Crippen LogP contribution in [0.3, 0.4) is 0 Å². The molecule has 0 aromatic carbocycles. The zero-order chi connectivity index (χ0) is 12.3. The van der Waals surface area contributed by atoms with E-state index in [-0.39, 0.29) is 12.0 Å². The van der Waals surface area contributed by atoms with Crippen molar-refractivity contribution >= 4 is 5.95 Å².